The lowest BCUT2D eigenvalue weighted by Gasteiger charge is -2.26. The molecule has 0 bridgehead atoms. The number of nitrogens with zero attached hydrogens (tertiary/aromatic N) is 1. The summed E-state index contributed by atoms with van der Waals surface area (Å²) in [7, 11) is 1.27. The zero-order valence-electron chi connectivity index (χ0n) is 12.0. The maximum atomic E-state index is 11.9. The van der Waals surface area contributed by atoms with Gasteiger partial charge in [-0.2, -0.15) is 0 Å². The third-order valence-electron chi connectivity index (χ3n) is 3.71. The van der Waals surface area contributed by atoms with Crippen LogP contribution < -0.4 is 10.5 Å². The van der Waals surface area contributed by atoms with Gasteiger partial charge in [0.05, 0.1) is 12.0 Å². The quantitative estimate of drug-likeness (QED) is 0.485. The van der Waals surface area contributed by atoms with Crippen molar-refractivity contribution in [3.05, 3.63) is 33.9 Å². The van der Waals surface area contributed by atoms with Crippen molar-refractivity contribution in [2.24, 2.45) is 11.7 Å². The number of esters is 1. The first-order chi connectivity index (χ1) is 9.90. The van der Waals surface area contributed by atoms with Crippen molar-refractivity contribution < 1.29 is 19.2 Å². The van der Waals surface area contributed by atoms with E-state index in [1.54, 1.807) is 19.1 Å². The van der Waals surface area contributed by atoms with Crippen LogP contribution in [0.5, 0.6) is 5.75 Å². The number of methoxy groups -OCH3 is 1. The first kappa shape index (κ1) is 15.2. The molecule has 114 valence electrons. The standard InChI is InChI=1S/C14H18N2O5/c1-9-4-3-5-11(16(18)19)12(9)21-8-14(15,10-6-7-10)13(17)20-2/h3-5,10H,6-8,15H2,1-2H3. The minimum absolute atomic E-state index is 0.00646. The molecule has 0 amide bonds. The molecule has 7 heteroatoms. The van der Waals surface area contributed by atoms with Gasteiger partial charge in [-0.05, 0) is 31.2 Å². The molecule has 7 nitrogen and oxygen atoms in total. The van der Waals surface area contributed by atoms with Crippen LogP contribution in [0.3, 0.4) is 0 Å². The third kappa shape index (κ3) is 2.97. The average molecular weight is 294 g/mol. The van der Waals surface area contributed by atoms with Gasteiger partial charge in [-0.25, -0.2) is 4.79 Å². The largest absolute Gasteiger partial charge is 0.484 e. The molecular formula is C14H18N2O5. The Kier molecular flexibility index (Phi) is 4.13. The Bertz CT molecular complexity index is 570. The number of ether oxygens (including phenoxy) is 2. The SMILES string of the molecule is COC(=O)C(N)(COc1c(C)cccc1[N+](=O)[O-])C1CC1. The lowest BCUT2D eigenvalue weighted by Crippen LogP contribution is -2.55. The van der Waals surface area contributed by atoms with Gasteiger partial charge in [-0.15, -0.1) is 0 Å². The number of para-hydroxylation sites is 1. The predicted octanol–water partition coefficient (Wildman–Crippen LogP) is 1.56. The monoisotopic (exact) mass is 294 g/mol. The zero-order valence-corrected chi connectivity index (χ0v) is 12.0. The molecule has 1 aliphatic rings. The molecule has 1 unspecified atom stereocenters. The number of carbonyl (C=O) groups excluding carboxylic acids is 1. The number of rotatable bonds is 6. The number of aryl methyl sites for hydroxylation is 1. The van der Waals surface area contributed by atoms with Crippen molar-refractivity contribution in [2.45, 2.75) is 25.3 Å². The van der Waals surface area contributed by atoms with E-state index in [1.807, 2.05) is 0 Å². The fourth-order valence-corrected chi connectivity index (χ4v) is 2.29. The first-order valence-electron chi connectivity index (χ1n) is 6.64. The molecule has 0 aliphatic heterocycles. The molecule has 1 fully saturated rings. The summed E-state index contributed by atoms with van der Waals surface area (Å²) in [5.74, 6) is -0.420. The summed E-state index contributed by atoms with van der Waals surface area (Å²) in [6, 6.07) is 4.64. The number of hydrogen-bond donors (Lipinski definition) is 1. The van der Waals surface area contributed by atoms with Gasteiger partial charge in [-0.1, -0.05) is 12.1 Å². The lowest BCUT2D eigenvalue weighted by molar-refractivity contribution is -0.386. The number of nitro benzene ring substituents is 1. The molecule has 2 rings (SSSR count). The Hall–Kier alpha value is -2.15. The molecule has 1 aliphatic carbocycles. The fourth-order valence-electron chi connectivity index (χ4n) is 2.29. The normalized spacial score (nSPS) is 16.9. The molecule has 1 atom stereocenters. The summed E-state index contributed by atoms with van der Waals surface area (Å²) < 4.78 is 10.3. The van der Waals surface area contributed by atoms with E-state index in [0.717, 1.165) is 12.8 Å². The van der Waals surface area contributed by atoms with Crippen LogP contribution in [0.15, 0.2) is 18.2 Å². The third-order valence-corrected chi connectivity index (χ3v) is 3.71. The van der Waals surface area contributed by atoms with Gasteiger partial charge < -0.3 is 15.2 Å². The minimum atomic E-state index is -1.26. The van der Waals surface area contributed by atoms with E-state index < -0.39 is 16.4 Å². The highest BCUT2D eigenvalue weighted by Crippen LogP contribution is 2.40. The van der Waals surface area contributed by atoms with E-state index in [0.29, 0.717) is 5.56 Å². The highest BCUT2D eigenvalue weighted by Gasteiger charge is 2.50. The van der Waals surface area contributed by atoms with E-state index in [4.69, 9.17) is 15.2 Å². The van der Waals surface area contributed by atoms with Crippen molar-refractivity contribution in [3.63, 3.8) is 0 Å². The fraction of sp³-hybridized carbons (Fsp3) is 0.500. The Balaban J connectivity index is 2.22. The molecule has 1 aromatic carbocycles. The van der Waals surface area contributed by atoms with Crippen molar-refractivity contribution in [1.82, 2.24) is 0 Å². The number of hydrogen-bond acceptors (Lipinski definition) is 6. The van der Waals surface area contributed by atoms with Crippen molar-refractivity contribution >= 4 is 11.7 Å². The van der Waals surface area contributed by atoms with Crippen molar-refractivity contribution in [3.8, 4) is 5.75 Å². The van der Waals surface area contributed by atoms with E-state index in [1.165, 1.54) is 13.2 Å². The maximum Gasteiger partial charge on any atom is 0.329 e. The molecule has 0 heterocycles. The summed E-state index contributed by atoms with van der Waals surface area (Å²) in [6.07, 6.45) is 1.65. The molecule has 0 spiro atoms. The summed E-state index contributed by atoms with van der Waals surface area (Å²) >= 11 is 0. The topological polar surface area (TPSA) is 105 Å². The van der Waals surface area contributed by atoms with E-state index in [9.17, 15) is 14.9 Å². The number of nitro groups is 1. The number of carbonyl (C=O) groups is 1. The smallest absolute Gasteiger partial charge is 0.329 e. The van der Waals surface area contributed by atoms with Crippen LogP contribution in [0, 0.1) is 23.0 Å². The van der Waals surface area contributed by atoms with Crippen LogP contribution in [0.1, 0.15) is 18.4 Å². The second-order valence-corrected chi connectivity index (χ2v) is 5.28. The van der Waals surface area contributed by atoms with Gasteiger partial charge >= 0.3 is 11.7 Å². The molecule has 0 saturated heterocycles. The van der Waals surface area contributed by atoms with Gasteiger partial charge in [0.25, 0.3) is 0 Å². The van der Waals surface area contributed by atoms with Gasteiger partial charge in [0.1, 0.15) is 6.61 Å². The predicted molar refractivity (Wildman–Crippen MR) is 75.0 cm³/mol. The van der Waals surface area contributed by atoms with Crippen LogP contribution in [0.4, 0.5) is 5.69 Å². The van der Waals surface area contributed by atoms with Gasteiger partial charge in [0.2, 0.25) is 0 Å². The van der Waals surface area contributed by atoms with Crippen LogP contribution in [0.2, 0.25) is 0 Å². The van der Waals surface area contributed by atoms with E-state index in [-0.39, 0.29) is 24.0 Å². The van der Waals surface area contributed by atoms with Crippen LogP contribution >= 0.6 is 0 Å². The van der Waals surface area contributed by atoms with Crippen LogP contribution in [-0.4, -0.2) is 30.1 Å². The first-order valence-corrected chi connectivity index (χ1v) is 6.64. The van der Waals surface area contributed by atoms with Crippen molar-refractivity contribution in [2.75, 3.05) is 13.7 Å². The average Bonchev–Trinajstić information content (AvgIpc) is 3.29. The van der Waals surface area contributed by atoms with Crippen LogP contribution in [0.25, 0.3) is 0 Å². The zero-order chi connectivity index (χ0) is 15.6. The molecule has 21 heavy (non-hydrogen) atoms. The lowest BCUT2D eigenvalue weighted by atomic mass is 9.96. The van der Waals surface area contributed by atoms with Gasteiger partial charge in [0, 0.05) is 6.07 Å². The number of nitrogens with two attached hydrogens (primary N) is 1. The highest BCUT2D eigenvalue weighted by molar-refractivity contribution is 5.81. The van der Waals surface area contributed by atoms with Gasteiger partial charge in [0.15, 0.2) is 11.3 Å². The Labute approximate surface area is 122 Å². The van der Waals surface area contributed by atoms with E-state index >= 15 is 0 Å². The molecule has 0 aromatic heterocycles. The molecule has 1 saturated carbocycles. The summed E-state index contributed by atoms with van der Waals surface area (Å²) in [6.45, 7) is 1.56. The molecule has 2 N–H and O–H groups in total. The second-order valence-electron chi connectivity index (χ2n) is 5.28. The summed E-state index contributed by atoms with van der Waals surface area (Å²) in [5.41, 5.74) is 5.33. The summed E-state index contributed by atoms with van der Waals surface area (Å²) in [4.78, 5) is 22.4. The Morgan fingerprint density at radius 1 is 1.52 bits per heavy atom. The van der Waals surface area contributed by atoms with E-state index in [2.05, 4.69) is 0 Å². The minimum Gasteiger partial charge on any atom is -0.484 e. The molecule has 0 radical (unpaired) electrons. The van der Waals surface area contributed by atoms with Crippen LogP contribution in [-0.2, 0) is 9.53 Å². The van der Waals surface area contributed by atoms with Gasteiger partial charge in [-0.3, -0.25) is 10.1 Å². The molecule has 1 aromatic rings. The van der Waals surface area contributed by atoms with Crippen molar-refractivity contribution in [1.29, 1.82) is 0 Å². The highest BCUT2D eigenvalue weighted by atomic mass is 16.6. The maximum absolute atomic E-state index is 11.9. The Morgan fingerprint density at radius 3 is 2.71 bits per heavy atom. The Morgan fingerprint density at radius 2 is 2.19 bits per heavy atom. The second kappa shape index (κ2) is 5.69. The number of benzene rings is 1. The summed E-state index contributed by atoms with van der Waals surface area (Å²) in [5, 5.41) is 11.0. The molecular weight excluding hydrogens is 276 g/mol.